The topological polar surface area (TPSA) is 148 Å². The molecule has 1 heterocycles. The van der Waals surface area contributed by atoms with Crippen LogP contribution >= 0.6 is 0 Å². The van der Waals surface area contributed by atoms with E-state index in [0.717, 1.165) is 11.1 Å². The predicted octanol–water partition coefficient (Wildman–Crippen LogP) is 1.01. The SMILES string of the molecule is CC[C@](N)(C(=O)O)C(=O)C[C@H]1C[C@@H](c2ccc(C=NN)cc2)N(C)C(=O)O1. The zero-order valence-corrected chi connectivity index (χ0v) is 15.3. The fourth-order valence-corrected chi connectivity index (χ4v) is 3.04. The fraction of sp³-hybridized carbons (Fsp3) is 0.444. The Bertz CT molecular complexity index is 749. The van der Waals surface area contributed by atoms with Crippen LogP contribution < -0.4 is 11.6 Å². The Morgan fingerprint density at radius 3 is 2.56 bits per heavy atom. The lowest BCUT2D eigenvalue weighted by Gasteiger charge is -2.37. The standard InChI is InChI=1S/C18H24N4O5/c1-3-18(19,16(24)25)15(23)9-13-8-14(22(2)17(26)27-13)12-6-4-11(5-7-12)10-21-20/h4-7,10,13-14H,3,8-9,19-20H2,1-2H3,(H,24,25)/t13-,14+,18-/m1/s1. The first-order chi connectivity index (χ1) is 12.7. The highest BCUT2D eigenvalue weighted by atomic mass is 16.6. The van der Waals surface area contributed by atoms with Crippen molar-refractivity contribution in [2.45, 2.75) is 43.9 Å². The minimum atomic E-state index is -1.98. The van der Waals surface area contributed by atoms with E-state index in [1.807, 2.05) is 24.3 Å². The maximum atomic E-state index is 12.4. The third kappa shape index (κ3) is 4.25. The molecule has 1 aliphatic rings. The molecule has 0 aliphatic carbocycles. The number of carbonyl (C=O) groups is 3. The van der Waals surface area contributed by atoms with Crippen LogP contribution in [0.3, 0.4) is 0 Å². The number of hydrogen-bond donors (Lipinski definition) is 3. The summed E-state index contributed by atoms with van der Waals surface area (Å²) in [4.78, 5) is 37.4. The summed E-state index contributed by atoms with van der Waals surface area (Å²) in [6.07, 6.45) is 0.232. The maximum Gasteiger partial charge on any atom is 0.410 e. The van der Waals surface area contributed by atoms with Crippen LogP contribution in [0.5, 0.6) is 0 Å². The molecule has 5 N–H and O–H groups in total. The van der Waals surface area contributed by atoms with Crippen molar-refractivity contribution in [3.05, 3.63) is 35.4 Å². The number of rotatable bonds is 7. The first-order valence-corrected chi connectivity index (χ1v) is 8.55. The van der Waals surface area contributed by atoms with E-state index in [0.29, 0.717) is 6.42 Å². The molecule has 0 unspecified atom stereocenters. The second-order valence-electron chi connectivity index (χ2n) is 6.57. The van der Waals surface area contributed by atoms with Gasteiger partial charge in [-0.25, -0.2) is 9.59 Å². The lowest BCUT2D eigenvalue weighted by Crippen LogP contribution is -2.56. The second kappa shape index (κ2) is 8.17. The van der Waals surface area contributed by atoms with E-state index in [-0.39, 0.29) is 18.9 Å². The zero-order valence-electron chi connectivity index (χ0n) is 15.3. The summed E-state index contributed by atoms with van der Waals surface area (Å²) in [6.45, 7) is 1.53. The quantitative estimate of drug-likeness (QED) is 0.278. The smallest absolute Gasteiger partial charge is 0.410 e. The van der Waals surface area contributed by atoms with Gasteiger partial charge >= 0.3 is 12.1 Å². The van der Waals surface area contributed by atoms with E-state index in [4.69, 9.17) is 16.3 Å². The summed E-state index contributed by atoms with van der Waals surface area (Å²) in [5, 5.41) is 12.7. The molecule has 1 aliphatic heterocycles. The second-order valence-corrected chi connectivity index (χ2v) is 6.57. The van der Waals surface area contributed by atoms with Gasteiger partial charge in [-0.1, -0.05) is 31.2 Å². The number of aliphatic carboxylic acids is 1. The minimum absolute atomic E-state index is 0.0463. The first kappa shape index (κ1) is 20.4. The van der Waals surface area contributed by atoms with Crippen molar-refractivity contribution in [3.63, 3.8) is 0 Å². The largest absolute Gasteiger partial charge is 0.480 e. The lowest BCUT2D eigenvalue weighted by molar-refractivity contribution is -0.149. The summed E-state index contributed by atoms with van der Waals surface area (Å²) in [7, 11) is 1.61. The van der Waals surface area contributed by atoms with Crippen LogP contribution in [0.15, 0.2) is 29.4 Å². The van der Waals surface area contributed by atoms with Gasteiger partial charge in [0.2, 0.25) is 0 Å². The zero-order chi connectivity index (χ0) is 20.2. The molecule has 9 nitrogen and oxygen atoms in total. The summed E-state index contributed by atoms with van der Waals surface area (Å²) < 4.78 is 5.28. The average Bonchev–Trinajstić information content (AvgIpc) is 2.64. The Labute approximate surface area is 157 Å². The number of cyclic esters (lactones) is 1. The first-order valence-electron chi connectivity index (χ1n) is 8.55. The Kier molecular flexibility index (Phi) is 6.17. The molecule has 0 saturated carbocycles. The molecular weight excluding hydrogens is 352 g/mol. The van der Waals surface area contributed by atoms with Gasteiger partial charge in [-0.3, -0.25) is 4.79 Å². The number of nitrogens with two attached hydrogens (primary N) is 2. The van der Waals surface area contributed by atoms with Gasteiger partial charge < -0.3 is 26.3 Å². The van der Waals surface area contributed by atoms with Gasteiger partial charge in [0, 0.05) is 19.9 Å². The number of ketones is 1. The highest BCUT2D eigenvalue weighted by Gasteiger charge is 2.43. The van der Waals surface area contributed by atoms with Crippen LogP contribution in [-0.2, 0) is 14.3 Å². The molecule has 0 spiro atoms. The van der Waals surface area contributed by atoms with Crippen LogP contribution in [0, 0.1) is 0 Å². The van der Waals surface area contributed by atoms with Gasteiger partial charge in [-0.05, 0) is 17.5 Å². The molecule has 1 aromatic carbocycles. The number of nitrogens with zero attached hydrogens (tertiary/aromatic N) is 2. The lowest BCUT2D eigenvalue weighted by atomic mass is 9.86. The molecule has 3 atom stereocenters. The number of ether oxygens (including phenoxy) is 1. The molecule has 146 valence electrons. The normalized spacial score (nSPS) is 22.3. The number of carbonyl (C=O) groups excluding carboxylic acids is 2. The van der Waals surface area contributed by atoms with Gasteiger partial charge in [0.1, 0.15) is 6.10 Å². The van der Waals surface area contributed by atoms with Gasteiger partial charge in [0.25, 0.3) is 0 Å². The average molecular weight is 376 g/mol. The predicted molar refractivity (Wildman–Crippen MR) is 98.1 cm³/mol. The number of hydrogen-bond acceptors (Lipinski definition) is 7. The van der Waals surface area contributed by atoms with Gasteiger partial charge in [-0.2, -0.15) is 5.10 Å². The van der Waals surface area contributed by atoms with E-state index in [2.05, 4.69) is 5.10 Å². The molecule has 9 heteroatoms. The number of benzene rings is 1. The molecule has 1 amide bonds. The van der Waals surface area contributed by atoms with Crippen molar-refractivity contribution >= 4 is 24.1 Å². The molecule has 27 heavy (non-hydrogen) atoms. The van der Waals surface area contributed by atoms with E-state index < -0.39 is 29.5 Å². The van der Waals surface area contributed by atoms with Gasteiger partial charge in [0.15, 0.2) is 11.3 Å². The molecular formula is C18H24N4O5. The summed E-state index contributed by atoms with van der Waals surface area (Å²) >= 11 is 0. The Morgan fingerprint density at radius 2 is 2.04 bits per heavy atom. The number of hydrazone groups is 1. The van der Waals surface area contributed by atoms with Crippen LogP contribution in [0.1, 0.15) is 43.4 Å². The Balaban J connectivity index is 2.18. The molecule has 1 saturated heterocycles. The van der Waals surface area contributed by atoms with Crippen molar-refractivity contribution in [1.29, 1.82) is 0 Å². The maximum absolute atomic E-state index is 12.4. The fourth-order valence-electron chi connectivity index (χ4n) is 3.04. The van der Waals surface area contributed by atoms with Crippen molar-refractivity contribution < 1.29 is 24.2 Å². The molecule has 0 aromatic heterocycles. The third-order valence-corrected chi connectivity index (χ3v) is 4.90. The van der Waals surface area contributed by atoms with E-state index >= 15 is 0 Å². The van der Waals surface area contributed by atoms with Gasteiger partial charge in [0.05, 0.1) is 12.3 Å². The third-order valence-electron chi connectivity index (χ3n) is 4.90. The number of amides is 1. The van der Waals surface area contributed by atoms with Crippen LogP contribution in [0.2, 0.25) is 0 Å². The summed E-state index contributed by atoms with van der Waals surface area (Å²) in [6, 6.07) is 6.99. The highest BCUT2D eigenvalue weighted by Crippen LogP contribution is 2.32. The van der Waals surface area contributed by atoms with E-state index in [9.17, 15) is 19.5 Å². The molecule has 1 fully saturated rings. The van der Waals surface area contributed by atoms with Crippen molar-refractivity contribution in [1.82, 2.24) is 4.90 Å². The van der Waals surface area contributed by atoms with Crippen LogP contribution in [-0.4, -0.2) is 52.8 Å². The van der Waals surface area contributed by atoms with Crippen LogP contribution in [0.4, 0.5) is 4.79 Å². The summed E-state index contributed by atoms with van der Waals surface area (Å²) in [5.41, 5.74) is 5.42. The monoisotopic (exact) mass is 376 g/mol. The molecule has 0 radical (unpaired) electrons. The van der Waals surface area contributed by atoms with Crippen molar-refractivity contribution in [2.75, 3.05) is 7.05 Å². The van der Waals surface area contributed by atoms with E-state index in [1.165, 1.54) is 18.0 Å². The highest BCUT2D eigenvalue weighted by molar-refractivity contribution is 6.07. The number of carboxylic acid groups (broad SMARTS) is 1. The minimum Gasteiger partial charge on any atom is -0.480 e. The molecule has 0 bridgehead atoms. The Hall–Kier alpha value is -2.94. The number of carboxylic acids is 1. The Morgan fingerprint density at radius 1 is 1.41 bits per heavy atom. The van der Waals surface area contributed by atoms with Crippen LogP contribution in [0.25, 0.3) is 0 Å². The molecule has 1 aromatic rings. The van der Waals surface area contributed by atoms with E-state index in [1.54, 1.807) is 7.05 Å². The number of Topliss-reactive ketones (excluding diaryl/α,β-unsaturated/α-hetero) is 1. The summed E-state index contributed by atoms with van der Waals surface area (Å²) in [5.74, 6) is 3.08. The van der Waals surface area contributed by atoms with Crippen molar-refractivity contribution in [2.24, 2.45) is 16.7 Å². The van der Waals surface area contributed by atoms with Gasteiger partial charge in [-0.15, -0.1) is 0 Å². The molecule has 2 rings (SSSR count). The van der Waals surface area contributed by atoms with Crippen molar-refractivity contribution in [3.8, 4) is 0 Å².